The van der Waals surface area contributed by atoms with Gasteiger partial charge in [0.25, 0.3) is 0 Å². The van der Waals surface area contributed by atoms with Crippen LogP contribution in [0.4, 0.5) is 0 Å². The predicted octanol–water partition coefficient (Wildman–Crippen LogP) is 6.14. The van der Waals surface area contributed by atoms with Crippen LogP contribution in [-0.4, -0.2) is 88.4 Å². The second kappa shape index (κ2) is 27.9. The number of unbranched alkanes of at least 4 members (excludes halogenated alkanes) is 16. The molecule has 1 aliphatic heterocycles. The summed E-state index contributed by atoms with van der Waals surface area (Å²) in [7, 11) is 0. The number of carboxylic acids is 1. The molecule has 11 heteroatoms. The molecule has 47 heavy (non-hydrogen) atoms. The molecule has 1 aliphatic rings. The maximum atomic E-state index is 12.6. The van der Waals surface area contributed by atoms with Crippen molar-refractivity contribution in [3.8, 4) is 0 Å². The zero-order chi connectivity index (χ0) is 34.7. The van der Waals surface area contributed by atoms with Gasteiger partial charge in [0, 0.05) is 12.8 Å². The lowest BCUT2D eigenvalue weighted by molar-refractivity contribution is -0.298. The van der Waals surface area contributed by atoms with Crippen LogP contribution in [0.3, 0.4) is 0 Å². The van der Waals surface area contributed by atoms with Gasteiger partial charge in [-0.1, -0.05) is 109 Å². The van der Waals surface area contributed by atoms with Crippen LogP contribution in [0.25, 0.3) is 0 Å². The maximum absolute atomic E-state index is 12.6. The number of rotatable bonds is 29. The lowest BCUT2D eigenvalue weighted by Gasteiger charge is -2.38. The molecule has 274 valence electrons. The van der Waals surface area contributed by atoms with Crippen LogP contribution in [0.5, 0.6) is 0 Å². The standard InChI is InChI=1S/C36H64O11/c1-3-5-7-9-11-13-14-15-17-18-20-22-24-29(37)44-26-28(46-30(38)25-23-21-19-16-12-10-8-6-4-2)27-45-36-33(41)31(39)32(40)34(47-36)35(42)43/h11,13,28,31-34,36,39-41H,3-10,12,14-27H2,1-2H3,(H,42,43)/b13-11-. The summed E-state index contributed by atoms with van der Waals surface area (Å²) < 4.78 is 21.5. The van der Waals surface area contributed by atoms with E-state index < -0.39 is 54.7 Å². The van der Waals surface area contributed by atoms with Crippen molar-refractivity contribution in [2.45, 2.75) is 185 Å². The molecule has 0 bridgehead atoms. The smallest absolute Gasteiger partial charge is 0.335 e. The summed E-state index contributed by atoms with van der Waals surface area (Å²) in [6, 6.07) is 0. The number of hydrogen-bond donors (Lipinski definition) is 4. The van der Waals surface area contributed by atoms with Crippen molar-refractivity contribution in [2.75, 3.05) is 13.2 Å². The van der Waals surface area contributed by atoms with Gasteiger partial charge in [0.2, 0.25) is 0 Å². The van der Waals surface area contributed by atoms with Gasteiger partial charge in [-0.2, -0.15) is 0 Å². The van der Waals surface area contributed by atoms with Crippen LogP contribution in [0.2, 0.25) is 0 Å². The molecule has 0 aliphatic carbocycles. The first-order valence-corrected chi connectivity index (χ1v) is 18.2. The summed E-state index contributed by atoms with van der Waals surface area (Å²) in [5.74, 6) is -2.46. The Morgan fingerprint density at radius 2 is 1.13 bits per heavy atom. The zero-order valence-electron chi connectivity index (χ0n) is 29.0. The molecule has 11 nitrogen and oxygen atoms in total. The fourth-order valence-corrected chi connectivity index (χ4v) is 5.40. The fraction of sp³-hybridized carbons (Fsp3) is 0.861. The van der Waals surface area contributed by atoms with Gasteiger partial charge in [-0.15, -0.1) is 0 Å². The second-order valence-corrected chi connectivity index (χ2v) is 12.7. The summed E-state index contributed by atoms with van der Waals surface area (Å²) in [5, 5.41) is 39.5. The van der Waals surface area contributed by atoms with Crippen molar-refractivity contribution in [3.63, 3.8) is 0 Å². The molecule has 0 saturated carbocycles. The summed E-state index contributed by atoms with van der Waals surface area (Å²) >= 11 is 0. The number of esters is 2. The third-order valence-electron chi connectivity index (χ3n) is 8.36. The summed E-state index contributed by atoms with van der Waals surface area (Å²) in [6.07, 6.45) is 15.8. The Bertz CT molecular complexity index is 849. The van der Waals surface area contributed by atoms with Crippen molar-refractivity contribution in [2.24, 2.45) is 0 Å². The number of allylic oxidation sites excluding steroid dienone is 2. The minimum atomic E-state index is -1.86. The largest absolute Gasteiger partial charge is 0.479 e. The minimum Gasteiger partial charge on any atom is -0.479 e. The average molecular weight is 673 g/mol. The van der Waals surface area contributed by atoms with Gasteiger partial charge in [0.1, 0.15) is 24.9 Å². The van der Waals surface area contributed by atoms with Crippen LogP contribution >= 0.6 is 0 Å². The normalized spacial score (nSPS) is 21.9. The molecular formula is C36H64O11. The molecule has 1 heterocycles. The van der Waals surface area contributed by atoms with Gasteiger partial charge >= 0.3 is 17.9 Å². The van der Waals surface area contributed by atoms with Crippen LogP contribution in [0.15, 0.2) is 12.2 Å². The van der Waals surface area contributed by atoms with Crippen molar-refractivity contribution in [1.29, 1.82) is 0 Å². The van der Waals surface area contributed by atoms with E-state index in [0.29, 0.717) is 12.8 Å². The Morgan fingerprint density at radius 3 is 1.70 bits per heavy atom. The van der Waals surface area contributed by atoms with Gasteiger partial charge in [-0.05, 0) is 38.5 Å². The number of carbonyl (C=O) groups excluding carboxylic acids is 2. The number of carboxylic acid groups (broad SMARTS) is 1. The lowest BCUT2D eigenvalue weighted by Crippen LogP contribution is -2.60. The maximum Gasteiger partial charge on any atom is 0.335 e. The molecular weight excluding hydrogens is 608 g/mol. The number of aliphatic carboxylic acids is 1. The topological polar surface area (TPSA) is 169 Å². The molecule has 6 unspecified atom stereocenters. The molecule has 1 saturated heterocycles. The summed E-state index contributed by atoms with van der Waals surface area (Å²) in [4.78, 5) is 36.4. The van der Waals surface area contributed by atoms with Gasteiger partial charge < -0.3 is 39.4 Å². The number of hydrogen-bond acceptors (Lipinski definition) is 10. The van der Waals surface area contributed by atoms with Crippen molar-refractivity contribution in [3.05, 3.63) is 12.2 Å². The van der Waals surface area contributed by atoms with Gasteiger partial charge in [-0.3, -0.25) is 9.59 Å². The molecule has 1 rings (SSSR count). The zero-order valence-corrected chi connectivity index (χ0v) is 29.0. The first kappa shape index (κ1) is 43.0. The summed E-state index contributed by atoms with van der Waals surface area (Å²) in [6.45, 7) is 3.72. The highest BCUT2D eigenvalue weighted by atomic mass is 16.7. The average Bonchev–Trinajstić information content (AvgIpc) is 3.05. The van der Waals surface area contributed by atoms with E-state index in [1.54, 1.807) is 0 Å². The Kier molecular flexibility index (Phi) is 25.5. The Labute approximate surface area is 282 Å². The van der Waals surface area contributed by atoms with Gasteiger partial charge in [-0.25, -0.2) is 4.79 Å². The van der Waals surface area contributed by atoms with Crippen LogP contribution < -0.4 is 0 Å². The quantitative estimate of drug-likeness (QED) is 0.0409. The lowest BCUT2D eigenvalue weighted by atomic mass is 9.99. The third kappa shape index (κ3) is 20.8. The van der Waals surface area contributed by atoms with Crippen LogP contribution in [-0.2, 0) is 33.3 Å². The Balaban J connectivity index is 2.47. The highest BCUT2D eigenvalue weighted by Gasteiger charge is 2.47. The van der Waals surface area contributed by atoms with Crippen LogP contribution in [0.1, 0.15) is 149 Å². The molecule has 1 fully saturated rings. The molecule has 6 atom stereocenters. The predicted molar refractivity (Wildman–Crippen MR) is 179 cm³/mol. The van der Waals surface area contributed by atoms with E-state index in [1.165, 1.54) is 51.4 Å². The Morgan fingerprint density at radius 1 is 0.638 bits per heavy atom. The van der Waals surface area contributed by atoms with E-state index in [0.717, 1.165) is 57.8 Å². The molecule has 0 aromatic rings. The summed E-state index contributed by atoms with van der Waals surface area (Å²) in [5.41, 5.74) is 0. The van der Waals surface area contributed by atoms with Gasteiger partial charge in [0.15, 0.2) is 18.5 Å². The van der Waals surface area contributed by atoms with Crippen LogP contribution in [0, 0.1) is 0 Å². The number of aliphatic hydroxyl groups excluding tert-OH is 3. The highest BCUT2D eigenvalue weighted by Crippen LogP contribution is 2.23. The molecule has 4 N–H and O–H groups in total. The number of carbonyl (C=O) groups is 3. The van der Waals surface area contributed by atoms with Crippen molar-refractivity contribution in [1.82, 2.24) is 0 Å². The van der Waals surface area contributed by atoms with E-state index in [4.69, 9.17) is 18.9 Å². The van der Waals surface area contributed by atoms with E-state index in [1.807, 2.05) is 0 Å². The molecule has 0 aromatic heterocycles. The van der Waals surface area contributed by atoms with Crippen molar-refractivity contribution < 1.29 is 53.8 Å². The molecule has 0 amide bonds. The van der Waals surface area contributed by atoms with Crippen molar-refractivity contribution >= 4 is 17.9 Å². The third-order valence-corrected chi connectivity index (χ3v) is 8.36. The van der Waals surface area contributed by atoms with E-state index >= 15 is 0 Å². The van der Waals surface area contributed by atoms with E-state index in [-0.39, 0.29) is 26.1 Å². The first-order chi connectivity index (χ1) is 22.7. The monoisotopic (exact) mass is 672 g/mol. The van der Waals surface area contributed by atoms with Gasteiger partial charge in [0.05, 0.1) is 6.61 Å². The Hall–Kier alpha value is -2.05. The number of ether oxygens (including phenoxy) is 4. The molecule has 0 spiro atoms. The number of aliphatic hydroxyl groups is 3. The first-order valence-electron chi connectivity index (χ1n) is 18.2. The fourth-order valence-electron chi connectivity index (χ4n) is 5.40. The molecule has 0 aromatic carbocycles. The SMILES string of the molecule is CCCCC/C=C\CCCCCCCC(=O)OCC(COC1OC(C(=O)O)C(O)C(O)C1O)OC(=O)CCCCCCCCCCC. The van der Waals surface area contributed by atoms with E-state index in [2.05, 4.69) is 26.0 Å². The highest BCUT2D eigenvalue weighted by molar-refractivity contribution is 5.73. The second-order valence-electron chi connectivity index (χ2n) is 12.7. The van der Waals surface area contributed by atoms with E-state index in [9.17, 15) is 34.8 Å². The molecule has 0 radical (unpaired) electrons. The minimum absolute atomic E-state index is 0.184.